The number of nitrogens with zero attached hydrogens (tertiary/aromatic N) is 2. The molecule has 0 saturated heterocycles. The Balaban J connectivity index is 1.98. The van der Waals surface area contributed by atoms with Gasteiger partial charge >= 0.3 is 0 Å². The monoisotopic (exact) mass is 342 g/mol. The van der Waals surface area contributed by atoms with Gasteiger partial charge in [0.25, 0.3) is 17.7 Å². The minimum atomic E-state index is -1.37. The van der Waals surface area contributed by atoms with E-state index in [2.05, 4.69) is 0 Å². The summed E-state index contributed by atoms with van der Waals surface area (Å²) in [4.78, 5) is 38.0. The van der Waals surface area contributed by atoms with Crippen LogP contribution in [0.2, 0.25) is 0 Å². The molecule has 3 rings (SSSR count). The minimum Gasteiger partial charge on any atom is -0.267 e. The van der Waals surface area contributed by atoms with Crippen LogP contribution in [0.25, 0.3) is 0 Å². The van der Waals surface area contributed by atoms with Gasteiger partial charge in [-0.3, -0.25) is 18.6 Å². The predicted octanol–water partition coefficient (Wildman–Crippen LogP) is 1.71. The third-order valence-electron chi connectivity index (χ3n) is 3.79. The Hall–Kier alpha value is -2.80. The van der Waals surface area contributed by atoms with Gasteiger partial charge in [-0.25, -0.2) is 5.01 Å². The molecule has 0 fully saturated rings. The van der Waals surface area contributed by atoms with Crippen molar-refractivity contribution in [3.05, 3.63) is 65.2 Å². The molecule has 0 aliphatic carbocycles. The van der Waals surface area contributed by atoms with E-state index in [9.17, 15) is 18.6 Å². The third kappa shape index (κ3) is 2.43. The van der Waals surface area contributed by atoms with Crippen molar-refractivity contribution >= 4 is 28.5 Å². The first kappa shape index (κ1) is 16.1. The van der Waals surface area contributed by atoms with E-state index in [-0.39, 0.29) is 16.7 Å². The van der Waals surface area contributed by atoms with Crippen molar-refractivity contribution < 1.29 is 18.6 Å². The number of benzene rings is 2. The Morgan fingerprint density at radius 3 is 2.00 bits per heavy atom. The van der Waals surface area contributed by atoms with E-state index in [0.717, 1.165) is 10.0 Å². The molecule has 0 aromatic heterocycles. The van der Waals surface area contributed by atoms with Crippen molar-refractivity contribution in [3.63, 3.8) is 0 Å². The average molecular weight is 342 g/mol. The van der Waals surface area contributed by atoms with E-state index in [4.69, 9.17) is 0 Å². The van der Waals surface area contributed by atoms with Gasteiger partial charge in [-0.15, -0.1) is 0 Å². The molecule has 2 aromatic rings. The van der Waals surface area contributed by atoms with Crippen LogP contribution in [0.3, 0.4) is 0 Å². The van der Waals surface area contributed by atoms with Gasteiger partial charge in [0.15, 0.2) is 0 Å². The van der Waals surface area contributed by atoms with E-state index in [1.54, 1.807) is 42.5 Å². The summed E-state index contributed by atoms with van der Waals surface area (Å²) in [6.45, 7) is 0. The number of rotatable bonds is 3. The van der Waals surface area contributed by atoms with Gasteiger partial charge in [-0.2, -0.15) is 5.01 Å². The van der Waals surface area contributed by atoms with Crippen LogP contribution in [0.4, 0.5) is 0 Å². The van der Waals surface area contributed by atoms with Gasteiger partial charge in [0.2, 0.25) is 0 Å². The number of imide groups is 1. The highest BCUT2D eigenvalue weighted by atomic mass is 32.2. The maximum absolute atomic E-state index is 12.7. The molecule has 0 bridgehead atoms. The molecule has 0 N–H and O–H groups in total. The van der Waals surface area contributed by atoms with E-state index in [1.807, 2.05) is 0 Å². The second-order valence-electron chi connectivity index (χ2n) is 5.25. The number of fused-ring (bicyclic) bond motifs is 1. The van der Waals surface area contributed by atoms with Crippen LogP contribution in [0.5, 0.6) is 0 Å². The Morgan fingerprint density at radius 1 is 0.958 bits per heavy atom. The smallest absolute Gasteiger partial charge is 0.267 e. The molecule has 1 atom stereocenters. The lowest BCUT2D eigenvalue weighted by atomic mass is 10.1. The molecule has 7 heteroatoms. The van der Waals surface area contributed by atoms with Crippen LogP contribution in [-0.4, -0.2) is 45.3 Å². The molecule has 1 unspecified atom stereocenters. The van der Waals surface area contributed by atoms with Crippen molar-refractivity contribution in [2.24, 2.45) is 0 Å². The van der Waals surface area contributed by atoms with Crippen LogP contribution >= 0.6 is 0 Å². The van der Waals surface area contributed by atoms with Crippen molar-refractivity contribution in [1.82, 2.24) is 10.0 Å². The molecule has 2 aromatic carbocycles. The first-order valence-electron chi connectivity index (χ1n) is 7.11. The van der Waals surface area contributed by atoms with E-state index in [1.165, 1.54) is 19.4 Å². The van der Waals surface area contributed by atoms with Gasteiger partial charge in [-0.05, 0) is 24.3 Å². The van der Waals surface area contributed by atoms with Crippen molar-refractivity contribution in [3.8, 4) is 0 Å². The highest BCUT2D eigenvalue weighted by Gasteiger charge is 2.40. The molecule has 0 spiro atoms. The molecule has 1 heterocycles. The first-order valence-corrected chi connectivity index (χ1v) is 8.67. The predicted molar refractivity (Wildman–Crippen MR) is 87.8 cm³/mol. The summed E-state index contributed by atoms with van der Waals surface area (Å²) in [7, 11) is -0.0259. The van der Waals surface area contributed by atoms with E-state index < -0.39 is 28.5 Å². The number of carbonyl (C=O) groups excluding carboxylic acids is 3. The van der Waals surface area contributed by atoms with Crippen LogP contribution in [0.15, 0.2) is 53.4 Å². The maximum atomic E-state index is 12.7. The van der Waals surface area contributed by atoms with Crippen molar-refractivity contribution in [1.29, 1.82) is 0 Å². The summed E-state index contributed by atoms with van der Waals surface area (Å²) in [5.74, 6) is -1.68. The lowest BCUT2D eigenvalue weighted by Gasteiger charge is -2.26. The number of carbonyl (C=O) groups is 3. The number of hydrogen-bond donors (Lipinski definition) is 0. The molecule has 24 heavy (non-hydrogen) atoms. The topological polar surface area (TPSA) is 74.8 Å². The average Bonchev–Trinajstić information content (AvgIpc) is 2.85. The van der Waals surface area contributed by atoms with Crippen molar-refractivity contribution in [2.75, 3.05) is 13.3 Å². The standard InChI is InChI=1S/C17H14N2O4S/c1-18(15(20)13-9-5-6-10-14(13)24(2)23)19-16(21)11-7-3-4-8-12(11)17(19)22/h3-10H,1-2H3. The van der Waals surface area contributed by atoms with E-state index in [0.29, 0.717) is 4.90 Å². The fourth-order valence-corrected chi connectivity index (χ4v) is 3.34. The second-order valence-corrected chi connectivity index (χ2v) is 6.59. The zero-order valence-corrected chi connectivity index (χ0v) is 13.9. The second kappa shape index (κ2) is 6.01. The molecule has 1 aliphatic rings. The highest BCUT2D eigenvalue weighted by molar-refractivity contribution is 7.84. The molecule has 122 valence electrons. The molecule has 6 nitrogen and oxygen atoms in total. The van der Waals surface area contributed by atoms with Crippen LogP contribution in [0, 0.1) is 0 Å². The fraction of sp³-hybridized carbons (Fsp3) is 0.118. The number of hydrogen-bond acceptors (Lipinski definition) is 4. The summed E-state index contributed by atoms with van der Waals surface area (Å²) in [6, 6.07) is 12.8. The van der Waals surface area contributed by atoms with Crippen LogP contribution in [-0.2, 0) is 10.8 Å². The van der Waals surface area contributed by atoms with Crippen molar-refractivity contribution in [2.45, 2.75) is 4.90 Å². The van der Waals surface area contributed by atoms with Gasteiger partial charge < -0.3 is 0 Å². The molecule has 3 amide bonds. The van der Waals surface area contributed by atoms with Gasteiger partial charge in [0.1, 0.15) is 0 Å². The summed E-state index contributed by atoms with van der Waals surface area (Å²) in [5.41, 5.74) is 0.710. The minimum absolute atomic E-state index is 0.192. The van der Waals surface area contributed by atoms with Crippen LogP contribution < -0.4 is 0 Å². The summed E-state index contributed by atoms with van der Waals surface area (Å²) < 4.78 is 11.8. The lowest BCUT2D eigenvalue weighted by Crippen LogP contribution is -2.47. The molecule has 1 aliphatic heterocycles. The summed E-state index contributed by atoms with van der Waals surface area (Å²) >= 11 is 0. The number of amides is 3. The molecule has 0 saturated carbocycles. The summed E-state index contributed by atoms with van der Waals surface area (Å²) in [5, 5.41) is 1.78. The molecule has 0 radical (unpaired) electrons. The molecular weight excluding hydrogens is 328 g/mol. The maximum Gasteiger partial charge on any atom is 0.280 e. The zero-order valence-electron chi connectivity index (χ0n) is 13.1. The molecular formula is C17H14N2O4S. The SMILES string of the molecule is CN(C(=O)c1ccccc1S(C)=O)N1C(=O)c2ccccc2C1=O. The Labute approximate surface area is 141 Å². The largest absolute Gasteiger partial charge is 0.280 e. The first-order chi connectivity index (χ1) is 11.4. The Bertz CT molecular complexity index is 859. The van der Waals surface area contributed by atoms with Gasteiger partial charge in [-0.1, -0.05) is 24.3 Å². The quantitative estimate of drug-likeness (QED) is 0.796. The van der Waals surface area contributed by atoms with Crippen LogP contribution in [0.1, 0.15) is 31.1 Å². The highest BCUT2D eigenvalue weighted by Crippen LogP contribution is 2.25. The Morgan fingerprint density at radius 2 is 1.46 bits per heavy atom. The van der Waals surface area contributed by atoms with Gasteiger partial charge in [0, 0.05) is 13.3 Å². The fourth-order valence-electron chi connectivity index (χ4n) is 2.61. The zero-order chi connectivity index (χ0) is 17.4. The van der Waals surface area contributed by atoms with E-state index >= 15 is 0 Å². The Kier molecular flexibility index (Phi) is 4.02. The third-order valence-corrected chi connectivity index (χ3v) is 4.77. The normalized spacial score (nSPS) is 14.5. The lowest BCUT2D eigenvalue weighted by molar-refractivity contribution is 0.0126. The van der Waals surface area contributed by atoms with Gasteiger partial charge in [0.05, 0.1) is 32.4 Å². The number of hydrazine groups is 1. The summed E-state index contributed by atoms with van der Waals surface area (Å²) in [6.07, 6.45) is 1.47.